The monoisotopic (exact) mass is 676 g/mol. The van der Waals surface area contributed by atoms with Crippen molar-refractivity contribution >= 4 is 64.9 Å². The van der Waals surface area contributed by atoms with E-state index in [9.17, 15) is 12.8 Å². The largest absolute Gasteiger partial charge is 0.358 e. The second kappa shape index (κ2) is 12.9. The zero-order valence-electron chi connectivity index (χ0n) is 19.9. The highest BCUT2D eigenvalue weighted by Gasteiger charge is 2.25. The lowest BCUT2D eigenvalue weighted by Gasteiger charge is -2.23. The Morgan fingerprint density at radius 2 is 1.47 bits per heavy atom. The smallest absolute Gasteiger partial charge is 0.243 e. The molecule has 4 aromatic rings. The molecule has 196 valence electrons. The average molecular weight is 678 g/mol. The Balaban J connectivity index is 1.51. The molecule has 0 spiro atoms. The summed E-state index contributed by atoms with van der Waals surface area (Å²) in [6.45, 7) is 0.749. The molecule has 0 amide bonds. The van der Waals surface area contributed by atoms with E-state index in [1.807, 2.05) is 30.3 Å². The van der Waals surface area contributed by atoms with Gasteiger partial charge in [0.25, 0.3) is 0 Å². The van der Waals surface area contributed by atoms with Crippen LogP contribution in [0.4, 0.5) is 10.1 Å². The molecule has 1 aromatic heterocycles. The Hall–Kier alpha value is -2.70. The summed E-state index contributed by atoms with van der Waals surface area (Å²) in [5, 5.41) is 6.59. The van der Waals surface area contributed by atoms with Gasteiger partial charge in [-0.25, -0.2) is 12.8 Å². The SMILES string of the molecule is O=S(=O)(c1ccc(NC(=S)NCc2ccncc2)cc1)N(Cc1ccc(F)cc1)Cc1ccc(Br)c(Br)c1. The van der Waals surface area contributed by atoms with Gasteiger partial charge in [-0.15, -0.1) is 0 Å². The van der Waals surface area contributed by atoms with Gasteiger partial charge in [0.05, 0.1) is 4.90 Å². The van der Waals surface area contributed by atoms with Crippen LogP contribution in [0.2, 0.25) is 0 Å². The molecule has 11 heteroatoms. The molecule has 0 aliphatic rings. The second-order valence-electron chi connectivity index (χ2n) is 8.34. The quantitative estimate of drug-likeness (QED) is 0.194. The van der Waals surface area contributed by atoms with Crippen LogP contribution in [0.3, 0.4) is 0 Å². The summed E-state index contributed by atoms with van der Waals surface area (Å²) < 4.78 is 43.9. The van der Waals surface area contributed by atoms with Crippen LogP contribution < -0.4 is 10.6 Å². The van der Waals surface area contributed by atoms with Gasteiger partial charge < -0.3 is 10.6 Å². The van der Waals surface area contributed by atoms with Crippen LogP contribution in [0.25, 0.3) is 0 Å². The Morgan fingerprint density at radius 1 is 0.842 bits per heavy atom. The Labute approximate surface area is 243 Å². The van der Waals surface area contributed by atoms with Crippen molar-refractivity contribution in [2.24, 2.45) is 0 Å². The third-order valence-electron chi connectivity index (χ3n) is 5.57. The third kappa shape index (κ3) is 7.67. The standard InChI is InChI=1S/C27H23Br2FN4O2S2/c28-25-10-3-21(15-26(25)29)18-34(17-20-1-4-22(30)5-2-20)38(35,36)24-8-6-23(7-9-24)33-27(37)32-16-19-11-13-31-14-12-19/h1-15H,16-18H2,(H2,32,33,37). The third-order valence-corrected chi connectivity index (χ3v) is 9.50. The fourth-order valence-corrected chi connectivity index (χ4v) is 5.86. The summed E-state index contributed by atoms with van der Waals surface area (Å²) in [4.78, 5) is 4.13. The number of anilines is 1. The summed E-state index contributed by atoms with van der Waals surface area (Å²) in [5.41, 5.74) is 3.16. The molecule has 0 aliphatic heterocycles. The van der Waals surface area contributed by atoms with Crippen LogP contribution in [0, 0.1) is 5.82 Å². The molecule has 0 radical (unpaired) electrons. The molecule has 3 aromatic carbocycles. The first-order valence-electron chi connectivity index (χ1n) is 11.4. The molecule has 2 N–H and O–H groups in total. The molecule has 0 fully saturated rings. The molecule has 0 aliphatic carbocycles. The maximum atomic E-state index is 13.7. The number of halogens is 3. The summed E-state index contributed by atoms with van der Waals surface area (Å²) in [6, 6.07) is 21.6. The number of benzene rings is 3. The van der Waals surface area contributed by atoms with Crippen molar-refractivity contribution in [3.8, 4) is 0 Å². The van der Waals surface area contributed by atoms with E-state index in [1.54, 1.807) is 36.7 Å². The number of pyridine rings is 1. The van der Waals surface area contributed by atoms with Gasteiger partial charge >= 0.3 is 0 Å². The molecular weight excluding hydrogens is 655 g/mol. The molecule has 0 atom stereocenters. The molecule has 1 heterocycles. The van der Waals surface area contributed by atoms with Crippen LogP contribution in [0.1, 0.15) is 16.7 Å². The number of thiocarbonyl (C=S) groups is 1. The van der Waals surface area contributed by atoms with Crippen LogP contribution in [0.15, 0.2) is 105 Å². The number of nitrogens with zero attached hydrogens (tertiary/aromatic N) is 2. The number of hydrogen-bond donors (Lipinski definition) is 2. The first-order chi connectivity index (χ1) is 18.2. The average Bonchev–Trinajstić information content (AvgIpc) is 2.91. The van der Waals surface area contributed by atoms with Crippen LogP contribution in [-0.4, -0.2) is 22.8 Å². The van der Waals surface area contributed by atoms with Gasteiger partial charge in [0.2, 0.25) is 10.0 Å². The Morgan fingerprint density at radius 3 is 2.13 bits per heavy atom. The van der Waals surface area contributed by atoms with Crippen molar-refractivity contribution in [3.63, 3.8) is 0 Å². The van der Waals surface area contributed by atoms with Crippen molar-refractivity contribution in [1.29, 1.82) is 0 Å². The highest BCUT2D eigenvalue weighted by Crippen LogP contribution is 2.27. The number of nitrogens with one attached hydrogen (secondary N) is 2. The Bertz CT molecular complexity index is 1500. The number of sulfonamides is 1. The molecule has 38 heavy (non-hydrogen) atoms. The number of hydrogen-bond acceptors (Lipinski definition) is 4. The minimum atomic E-state index is -3.89. The van der Waals surface area contributed by atoms with E-state index in [0.717, 1.165) is 20.1 Å². The van der Waals surface area contributed by atoms with Crippen molar-refractivity contribution in [2.45, 2.75) is 24.5 Å². The zero-order chi connectivity index (χ0) is 27.1. The van der Waals surface area contributed by atoms with E-state index >= 15 is 0 Å². The molecular formula is C27H23Br2FN4O2S2. The highest BCUT2D eigenvalue weighted by molar-refractivity contribution is 9.13. The lowest BCUT2D eigenvalue weighted by molar-refractivity contribution is 0.401. The maximum absolute atomic E-state index is 13.7. The summed E-state index contributed by atoms with van der Waals surface area (Å²) in [7, 11) is -3.89. The molecule has 0 saturated carbocycles. The maximum Gasteiger partial charge on any atom is 0.243 e. The lowest BCUT2D eigenvalue weighted by Crippen LogP contribution is -2.30. The molecule has 0 bridgehead atoms. The van der Waals surface area contributed by atoms with Crippen molar-refractivity contribution < 1.29 is 12.8 Å². The highest BCUT2D eigenvalue weighted by atomic mass is 79.9. The predicted octanol–water partition coefficient (Wildman–Crippen LogP) is 6.62. The van der Waals surface area contributed by atoms with Gasteiger partial charge in [0.1, 0.15) is 5.82 Å². The molecule has 4 rings (SSSR count). The first-order valence-corrected chi connectivity index (χ1v) is 14.9. The van der Waals surface area contributed by atoms with Gasteiger partial charge in [0, 0.05) is 46.7 Å². The van der Waals surface area contributed by atoms with Crippen LogP contribution >= 0.6 is 44.1 Å². The molecule has 0 unspecified atom stereocenters. The van der Waals surface area contributed by atoms with Crippen molar-refractivity contribution in [3.05, 3.63) is 123 Å². The van der Waals surface area contributed by atoms with Crippen LogP contribution in [-0.2, 0) is 29.7 Å². The van der Waals surface area contributed by atoms with Crippen molar-refractivity contribution in [1.82, 2.24) is 14.6 Å². The molecule has 6 nitrogen and oxygen atoms in total. The number of aromatic nitrogens is 1. The van der Waals surface area contributed by atoms with Gasteiger partial charge in [-0.2, -0.15) is 4.31 Å². The lowest BCUT2D eigenvalue weighted by atomic mass is 10.2. The number of rotatable bonds is 9. The molecule has 0 saturated heterocycles. The normalized spacial score (nSPS) is 11.4. The van der Waals surface area contributed by atoms with E-state index in [2.05, 4.69) is 47.5 Å². The predicted molar refractivity (Wildman–Crippen MR) is 158 cm³/mol. The topological polar surface area (TPSA) is 74.3 Å². The minimum Gasteiger partial charge on any atom is -0.358 e. The van der Waals surface area contributed by atoms with Gasteiger partial charge in [0.15, 0.2) is 5.11 Å². The summed E-state index contributed by atoms with van der Waals surface area (Å²) >= 11 is 12.3. The first kappa shape index (κ1) is 28.3. The van der Waals surface area contributed by atoms with E-state index in [4.69, 9.17) is 12.2 Å². The second-order valence-corrected chi connectivity index (χ2v) is 12.4. The minimum absolute atomic E-state index is 0.0826. The fraction of sp³-hybridized carbons (Fsp3) is 0.111. The van der Waals surface area contributed by atoms with E-state index in [-0.39, 0.29) is 23.8 Å². The van der Waals surface area contributed by atoms with E-state index in [1.165, 1.54) is 28.6 Å². The van der Waals surface area contributed by atoms with Gasteiger partial charge in [-0.3, -0.25) is 4.98 Å². The van der Waals surface area contributed by atoms with E-state index in [0.29, 0.717) is 22.9 Å². The van der Waals surface area contributed by atoms with Gasteiger partial charge in [-0.1, -0.05) is 18.2 Å². The summed E-state index contributed by atoms with van der Waals surface area (Å²) in [6.07, 6.45) is 3.42. The van der Waals surface area contributed by atoms with Crippen LogP contribution in [0.5, 0.6) is 0 Å². The summed E-state index contributed by atoms with van der Waals surface area (Å²) in [5.74, 6) is -0.378. The fourth-order valence-electron chi connectivity index (χ4n) is 3.58. The van der Waals surface area contributed by atoms with Crippen molar-refractivity contribution in [2.75, 3.05) is 5.32 Å². The zero-order valence-corrected chi connectivity index (χ0v) is 24.7. The van der Waals surface area contributed by atoms with E-state index < -0.39 is 10.0 Å². The van der Waals surface area contributed by atoms with Gasteiger partial charge in [-0.05, 0) is 121 Å². The Kier molecular flexibility index (Phi) is 9.61.